The zero-order valence-corrected chi connectivity index (χ0v) is 10.4. The van der Waals surface area contributed by atoms with Crippen LogP contribution in [0.2, 0.25) is 0 Å². The lowest BCUT2D eigenvalue weighted by molar-refractivity contribution is 0.524. The van der Waals surface area contributed by atoms with Crippen molar-refractivity contribution in [3.05, 3.63) is 12.2 Å². The Labute approximate surface area is 92.5 Å². The molecule has 0 radical (unpaired) electrons. The van der Waals surface area contributed by atoms with Crippen molar-refractivity contribution >= 4 is 11.8 Å². The number of hydrogen-bond acceptors (Lipinski definition) is 1. The highest BCUT2D eigenvalue weighted by Crippen LogP contribution is 2.49. The van der Waals surface area contributed by atoms with Gasteiger partial charge in [-0.25, -0.2) is 0 Å². The van der Waals surface area contributed by atoms with Crippen LogP contribution in [0.4, 0.5) is 0 Å². The van der Waals surface area contributed by atoms with Gasteiger partial charge in [0.1, 0.15) is 0 Å². The fraction of sp³-hybridized carbons (Fsp3) is 0.846. The molecule has 14 heavy (non-hydrogen) atoms. The molecule has 0 amide bonds. The smallest absolute Gasteiger partial charge is 0.0229 e. The van der Waals surface area contributed by atoms with E-state index in [1.807, 2.05) is 0 Å². The summed E-state index contributed by atoms with van der Waals surface area (Å²) in [6.07, 6.45) is 9.34. The van der Waals surface area contributed by atoms with E-state index in [9.17, 15) is 0 Å². The molecule has 0 aromatic carbocycles. The van der Waals surface area contributed by atoms with E-state index in [2.05, 4.69) is 44.7 Å². The highest BCUT2D eigenvalue weighted by molar-refractivity contribution is 8.00. The van der Waals surface area contributed by atoms with Crippen molar-refractivity contribution in [3.8, 4) is 0 Å². The third-order valence-electron chi connectivity index (χ3n) is 3.55. The molecular formula is C13H22S. The first-order chi connectivity index (χ1) is 6.66. The van der Waals surface area contributed by atoms with Crippen molar-refractivity contribution in [2.75, 3.05) is 0 Å². The molecule has 0 bridgehead atoms. The number of allylic oxidation sites excluding steroid dienone is 1. The van der Waals surface area contributed by atoms with Crippen molar-refractivity contribution in [3.63, 3.8) is 0 Å². The third-order valence-corrected chi connectivity index (χ3v) is 4.84. The van der Waals surface area contributed by atoms with E-state index in [1.165, 1.54) is 19.3 Å². The lowest BCUT2D eigenvalue weighted by Crippen LogP contribution is -2.08. The van der Waals surface area contributed by atoms with E-state index in [1.54, 1.807) is 0 Å². The molecule has 0 aliphatic heterocycles. The van der Waals surface area contributed by atoms with Crippen molar-refractivity contribution in [2.24, 2.45) is 17.8 Å². The van der Waals surface area contributed by atoms with E-state index in [-0.39, 0.29) is 0 Å². The fourth-order valence-electron chi connectivity index (χ4n) is 2.63. The van der Waals surface area contributed by atoms with Crippen LogP contribution in [0.15, 0.2) is 12.2 Å². The van der Waals surface area contributed by atoms with Gasteiger partial charge >= 0.3 is 0 Å². The molecule has 80 valence electrons. The molecule has 0 nitrogen and oxygen atoms in total. The topological polar surface area (TPSA) is 0 Å². The zero-order chi connectivity index (χ0) is 10.1. The standard InChI is InChI=1S/C13H22S/c1-9(2)14-12-6-4-10(3)13-8-11(13)5-7-12/h4,6,9-13H,5,7-8H2,1-3H3. The molecule has 1 heteroatoms. The van der Waals surface area contributed by atoms with Gasteiger partial charge in [-0.05, 0) is 42.3 Å². The molecule has 1 saturated carbocycles. The van der Waals surface area contributed by atoms with E-state index in [4.69, 9.17) is 0 Å². The van der Waals surface area contributed by atoms with Gasteiger partial charge in [-0.2, -0.15) is 11.8 Å². The maximum Gasteiger partial charge on any atom is 0.0229 e. The summed E-state index contributed by atoms with van der Waals surface area (Å²) >= 11 is 2.13. The molecule has 2 aliphatic rings. The van der Waals surface area contributed by atoms with Crippen LogP contribution >= 0.6 is 11.8 Å². The first kappa shape index (κ1) is 10.6. The SMILES string of the molecule is CC(C)SC1C=CC(C)C2CC2CC1. The molecule has 2 aliphatic carbocycles. The van der Waals surface area contributed by atoms with E-state index < -0.39 is 0 Å². The Balaban J connectivity index is 1.93. The Kier molecular flexibility index (Phi) is 3.26. The van der Waals surface area contributed by atoms with Crippen molar-refractivity contribution < 1.29 is 0 Å². The Morgan fingerprint density at radius 3 is 2.71 bits per heavy atom. The molecule has 2 rings (SSSR count). The average molecular weight is 210 g/mol. The monoisotopic (exact) mass is 210 g/mol. The Hall–Kier alpha value is 0.0900. The van der Waals surface area contributed by atoms with Crippen LogP contribution in [0.5, 0.6) is 0 Å². The second kappa shape index (κ2) is 4.30. The van der Waals surface area contributed by atoms with Gasteiger partial charge in [0.25, 0.3) is 0 Å². The molecule has 0 N–H and O–H groups in total. The fourth-order valence-corrected chi connectivity index (χ4v) is 3.78. The predicted octanol–water partition coefficient (Wildman–Crippen LogP) is 4.12. The maximum atomic E-state index is 2.48. The molecule has 4 atom stereocenters. The van der Waals surface area contributed by atoms with Crippen LogP contribution in [0, 0.1) is 17.8 Å². The van der Waals surface area contributed by atoms with Crippen LogP contribution < -0.4 is 0 Å². The van der Waals surface area contributed by atoms with E-state index >= 15 is 0 Å². The Bertz CT molecular complexity index is 219. The molecule has 0 heterocycles. The minimum absolute atomic E-state index is 0.773. The van der Waals surface area contributed by atoms with Crippen LogP contribution in [-0.2, 0) is 0 Å². The predicted molar refractivity (Wildman–Crippen MR) is 65.7 cm³/mol. The number of hydrogen-bond donors (Lipinski definition) is 0. The van der Waals surface area contributed by atoms with Gasteiger partial charge < -0.3 is 0 Å². The lowest BCUT2D eigenvalue weighted by atomic mass is 9.98. The molecule has 0 aromatic rings. The largest absolute Gasteiger partial charge is 0.152 e. The summed E-state index contributed by atoms with van der Waals surface area (Å²) in [5.41, 5.74) is 0. The summed E-state index contributed by atoms with van der Waals surface area (Å²) in [5, 5.41) is 1.56. The minimum atomic E-state index is 0.773. The lowest BCUT2D eigenvalue weighted by Gasteiger charge is -2.18. The molecular weight excluding hydrogens is 188 g/mol. The molecule has 0 aromatic heterocycles. The summed E-state index contributed by atoms with van der Waals surface area (Å²) in [5.74, 6) is 2.96. The van der Waals surface area contributed by atoms with Gasteiger partial charge in [0.2, 0.25) is 0 Å². The van der Waals surface area contributed by atoms with E-state index in [0.29, 0.717) is 0 Å². The van der Waals surface area contributed by atoms with Gasteiger partial charge in [-0.3, -0.25) is 0 Å². The molecule has 1 fully saturated rings. The summed E-state index contributed by atoms with van der Waals surface area (Å²) < 4.78 is 0. The quantitative estimate of drug-likeness (QED) is 0.618. The van der Waals surface area contributed by atoms with Crippen molar-refractivity contribution in [2.45, 2.75) is 50.5 Å². The maximum absolute atomic E-state index is 2.48. The number of thioether (sulfide) groups is 1. The summed E-state index contributed by atoms with van der Waals surface area (Å²) in [7, 11) is 0. The van der Waals surface area contributed by atoms with Crippen LogP contribution in [0.3, 0.4) is 0 Å². The number of fused-ring (bicyclic) bond motifs is 1. The summed E-state index contributed by atoms with van der Waals surface area (Å²) in [6, 6.07) is 0. The number of rotatable bonds is 2. The third kappa shape index (κ3) is 2.56. The second-order valence-corrected chi connectivity index (χ2v) is 7.02. The summed E-state index contributed by atoms with van der Waals surface area (Å²) in [4.78, 5) is 0. The van der Waals surface area contributed by atoms with Crippen molar-refractivity contribution in [1.29, 1.82) is 0 Å². The van der Waals surface area contributed by atoms with Crippen LogP contribution in [0.1, 0.15) is 40.0 Å². The average Bonchev–Trinajstić information content (AvgIpc) is 2.85. The summed E-state index contributed by atoms with van der Waals surface area (Å²) in [6.45, 7) is 7.00. The second-order valence-electron chi connectivity index (χ2n) is 5.20. The van der Waals surface area contributed by atoms with Gasteiger partial charge in [-0.15, -0.1) is 0 Å². The van der Waals surface area contributed by atoms with Crippen LogP contribution in [-0.4, -0.2) is 10.5 Å². The van der Waals surface area contributed by atoms with Gasteiger partial charge in [-0.1, -0.05) is 32.9 Å². The molecule has 4 unspecified atom stereocenters. The Morgan fingerprint density at radius 1 is 1.21 bits per heavy atom. The molecule has 0 spiro atoms. The van der Waals surface area contributed by atoms with Gasteiger partial charge in [0.15, 0.2) is 0 Å². The first-order valence-electron chi connectivity index (χ1n) is 6.00. The highest BCUT2D eigenvalue weighted by Gasteiger charge is 2.40. The van der Waals surface area contributed by atoms with Gasteiger partial charge in [0.05, 0.1) is 0 Å². The zero-order valence-electron chi connectivity index (χ0n) is 9.57. The minimum Gasteiger partial charge on any atom is -0.152 e. The highest BCUT2D eigenvalue weighted by atomic mass is 32.2. The first-order valence-corrected chi connectivity index (χ1v) is 6.95. The normalized spacial score (nSPS) is 41.7. The Morgan fingerprint density at radius 2 is 2.00 bits per heavy atom. The van der Waals surface area contributed by atoms with Gasteiger partial charge in [0, 0.05) is 5.25 Å². The van der Waals surface area contributed by atoms with E-state index in [0.717, 1.165) is 28.3 Å². The van der Waals surface area contributed by atoms with Crippen molar-refractivity contribution in [1.82, 2.24) is 0 Å². The van der Waals surface area contributed by atoms with Crippen LogP contribution in [0.25, 0.3) is 0 Å². The molecule has 0 saturated heterocycles.